The van der Waals surface area contributed by atoms with Gasteiger partial charge in [-0.2, -0.15) is 13.2 Å². The minimum atomic E-state index is -4.41. The normalized spacial score (nSPS) is 17.6. The van der Waals surface area contributed by atoms with E-state index in [1.807, 2.05) is 11.8 Å². The molecule has 2 aromatic rings. The van der Waals surface area contributed by atoms with Crippen LogP contribution < -0.4 is 10.2 Å². The molecule has 9 heteroatoms. The van der Waals surface area contributed by atoms with Crippen molar-refractivity contribution in [1.82, 2.24) is 15.5 Å². The molecule has 3 heterocycles. The van der Waals surface area contributed by atoms with Crippen LogP contribution in [0.25, 0.3) is 0 Å². The molecule has 1 aliphatic heterocycles. The Morgan fingerprint density at radius 2 is 2.15 bits per heavy atom. The van der Waals surface area contributed by atoms with Crippen molar-refractivity contribution in [3.63, 3.8) is 0 Å². The molecular formula is C17H19F3N4O2. The first-order valence-corrected chi connectivity index (χ1v) is 8.23. The maximum atomic E-state index is 12.6. The van der Waals surface area contributed by atoms with Gasteiger partial charge in [-0.3, -0.25) is 4.79 Å². The zero-order valence-corrected chi connectivity index (χ0v) is 14.4. The summed E-state index contributed by atoms with van der Waals surface area (Å²) in [7, 11) is 0. The Hall–Kier alpha value is -2.58. The van der Waals surface area contributed by atoms with E-state index in [4.69, 9.17) is 4.52 Å². The van der Waals surface area contributed by atoms with Crippen LogP contribution in [0.2, 0.25) is 0 Å². The highest BCUT2D eigenvalue weighted by molar-refractivity contribution is 5.80. The first-order chi connectivity index (χ1) is 12.3. The fourth-order valence-corrected chi connectivity index (χ4v) is 3.00. The Morgan fingerprint density at radius 1 is 1.38 bits per heavy atom. The molecule has 1 aliphatic rings. The van der Waals surface area contributed by atoms with Crippen LogP contribution in [0.4, 0.5) is 19.0 Å². The van der Waals surface area contributed by atoms with Crippen LogP contribution in [0, 0.1) is 19.8 Å². The summed E-state index contributed by atoms with van der Waals surface area (Å²) in [5.74, 6) is 0.780. The molecule has 0 aliphatic carbocycles. The summed E-state index contributed by atoms with van der Waals surface area (Å²) in [5.41, 5.74) is 0.816. The molecule has 0 radical (unpaired) electrons. The molecule has 1 atom stereocenters. The van der Waals surface area contributed by atoms with E-state index in [2.05, 4.69) is 15.5 Å². The summed E-state index contributed by atoms with van der Waals surface area (Å²) in [6, 6.07) is 2.35. The second-order valence-electron chi connectivity index (χ2n) is 6.35. The largest absolute Gasteiger partial charge is 0.417 e. The first-order valence-electron chi connectivity index (χ1n) is 8.23. The number of alkyl halides is 3. The zero-order chi connectivity index (χ0) is 18.9. The Bertz CT molecular complexity index is 767. The van der Waals surface area contributed by atoms with Crippen LogP contribution in [0.15, 0.2) is 22.9 Å². The zero-order valence-electron chi connectivity index (χ0n) is 14.4. The van der Waals surface area contributed by atoms with Crippen LogP contribution in [0.1, 0.15) is 29.0 Å². The maximum Gasteiger partial charge on any atom is 0.417 e. The number of hydrogen-bond donors (Lipinski definition) is 1. The molecule has 1 saturated heterocycles. The number of halogens is 3. The minimum absolute atomic E-state index is 0.0978. The molecule has 6 nitrogen and oxygen atoms in total. The van der Waals surface area contributed by atoms with Crippen LogP contribution >= 0.6 is 0 Å². The van der Waals surface area contributed by atoms with Crippen molar-refractivity contribution in [3.8, 4) is 0 Å². The molecule has 0 bridgehead atoms. The van der Waals surface area contributed by atoms with Crippen molar-refractivity contribution in [2.45, 2.75) is 33.0 Å². The smallest absolute Gasteiger partial charge is 0.361 e. The van der Waals surface area contributed by atoms with Crippen LogP contribution in [-0.4, -0.2) is 29.1 Å². The van der Waals surface area contributed by atoms with Gasteiger partial charge in [-0.15, -0.1) is 0 Å². The van der Waals surface area contributed by atoms with Gasteiger partial charge in [-0.1, -0.05) is 5.16 Å². The molecular weight excluding hydrogens is 349 g/mol. The Morgan fingerprint density at radius 3 is 2.73 bits per heavy atom. The molecule has 3 rings (SSSR count). The number of nitrogens with one attached hydrogen (secondary N) is 1. The highest BCUT2D eigenvalue weighted by Gasteiger charge is 2.32. The molecule has 1 N–H and O–H groups in total. The number of amides is 1. The highest BCUT2D eigenvalue weighted by Crippen LogP contribution is 2.30. The highest BCUT2D eigenvalue weighted by atomic mass is 19.4. The lowest BCUT2D eigenvalue weighted by Crippen LogP contribution is -2.32. The van der Waals surface area contributed by atoms with Gasteiger partial charge in [-0.05, 0) is 32.4 Å². The summed E-state index contributed by atoms with van der Waals surface area (Å²) in [6.07, 6.45) is -2.96. The summed E-state index contributed by atoms with van der Waals surface area (Å²) in [5, 5.41) is 6.72. The lowest BCUT2D eigenvalue weighted by atomic mass is 10.1. The number of rotatable bonds is 4. The third kappa shape index (κ3) is 3.81. The van der Waals surface area contributed by atoms with Gasteiger partial charge in [0.2, 0.25) is 5.91 Å². The Kier molecular flexibility index (Phi) is 4.88. The summed E-state index contributed by atoms with van der Waals surface area (Å²) < 4.78 is 42.9. The van der Waals surface area contributed by atoms with Gasteiger partial charge in [-0.25, -0.2) is 4.98 Å². The number of hydrogen-bond acceptors (Lipinski definition) is 5. The van der Waals surface area contributed by atoms with E-state index >= 15 is 0 Å². The van der Waals surface area contributed by atoms with Gasteiger partial charge < -0.3 is 14.7 Å². The average molecular weight is 368 g/mol. The Balaban J connectivity index is 1.57. The third-order valence-corrected chi connectivity index (χ3v) is 4.58. The molecule has 1 fully saturated rings. The van der Waals surface area contributed by atoms with Gasteiger partial charge in [0.25, 0.3) is 0 Å². The molecule has 0 spiro atoms. The predicted molar refractivity (Wildman–Crippen MR) is 87.4 cm³/mol. The number of aromatic nitrogens is 2. The summed E-state index contributed by atoms with van der Waals surface area (Å²) in [6.45, 7) is 4.93. The van der Waals surface area contributed by atoms with Crippen molar-refractivity contribution < 1.29 is 22.5 Å². The summed E-state index contributed by atoms with van der Waals surface area (Å²) >= 11 is 0. The Labute approximate surface area is 148 Å². The van der Waals surface area contributed by atoms with E-state index in [-0.39, 0.29) is 11.8 Å². The standard InChI is InChI=1S/C17H19F3N4O2/c1-10-14(11(2)26-23-10)8-22-16(25)12-5-6-24(9-12)15-4-3-13(7-21-15)17(18,19)20/h3-4,7,12H,5-6,8-9H2,1-2H3,(H,22,25)/t12-/m1/s1. The maximum absolute atomic E-state index is 12.6. The summed E-state index contributed by atoms with van der Waals surface area (Å²) in [4.78, 5) is 18.1. The van der Waals surface area contributed by atoms with Gasteiger partial charge in [0.1, 0.15) is 11.6 Å². The van der Waals surface area contributed by atoms with Crippen molar-refractivity contribution in [2.75, 3.05) is 18.0 Å². The van der Waals surface area contributed by atoms with Crippen LogP contribution in [0.5, 0.6) is 0 Å². The van der Waals surface area contributed by atoms with Gasteiger partial charge in [0, 0.05) is 31.4 Å². The molecule has 0 aromatic carbocycles. The molecule has 0 saturated carbocycles. The monoisotopic (exact) mass is 368 g/mol. The number of carbonyl (C=O) groups excluding carboxylic acids is 1. The minimum Gasteiger partial charge on any atom is -0.361 e. The first kappa shape index (κ1) is 18.2. The van der Waals surface area contributed by atoms with Crippen molar-refractivity contribution >= 4 is 11.7 Å². The van der Waals surface area contributed by atoms with Gasteiger partial charge >= 0.3 is 6.18 Å². The van der Waals surface area contributed by atoms with E-state index < -0.39 is 11.7 Å². The number of aryl methyl sites for hydroxylation is 2. The molecule has 1 amide bonds. The number of anilines is 1. The second-order valence-corrected chi connectivity index (χ2v) is 6.35. The van der Waals surface area contributed by atoms with E-state index in [0.717, 1.165) is 23.5 Å². The topological polar surface area (TPSA) is 71.3 Å². The van der Waals surface area contributed by atoms with E-state index in [1.54, 1.807) is 6.92 Å². The van der Waals surface area contributed by atoms with Crippen LogP contribution in [-0.2, 0) is 17.5 Å². The SMILES string of the molecule is Cc1noc(C)c1CNC(=O)[C@@H]1CCN(c2ccc(C(F)(F)F)cn2)C1. The van der Waals surface area contributed by atoms with E-state index in [0.29, 0.717) is 37.6 Å². The fourth-order valence-electron chi connectivity index (χ4n) is 3.00. The predicted octanol–water partition coefficient (Wildman–Crippen LogP) is 2.85. The van der Waals surface area contributed by atoms with Gasteiger partial charge in [0.05, 0.1) is 17.2 Å². The third-order valence-electron chi connectivity index (χ3n) is 4.58. The second kappa shape index (κ2) is 6.97. The van der Waals surface area contributed by atoms with Crippen LogP contribution in [0.3, 0.4) is 0 Å². The molecule has 2 aromatic heterocycles. The van der Waals surface area contributed by atoms with E-state index in [9.17, 15) is 18.0 Å². The molecule has 26 heavy (non-hydrogen) atoms. The quantitative estimate of drug-likeness (QED) is 0.899. The fraction of sp³-hybridized carbons (Fsp3) is 0.471. The number of nitrogens with zero attached hydrogens (tertiary/aromatic N) is 3. The number of carbonyl (C=O) groups is 1. The lowest BCUT2D eigenvalue weighted by molar-refractivity contribution is -0.137. The van der Waals surface area contributed by atoms with E-state index in [1.165, 1.54) is 6.07 Å². The molecule has 140 valence electrons. The van der Waals surface area contributed by atoms with Crippen molar-refractivity contribution in [1.29, 1.82) is 0 Å². The lowest BCUT2D eigenvalue weighted by Gasteiger charge is -2.18. The number of pyridine rings is 1. The van der Waals surface area contributed by atoms with Crippen molar-refractivity contribution in [2.24, 2.45) is 5.92 Å². The van der Waals surface area contributed by atoms with Crippen molar-refractivity contribution in [3.05, 3.63) is 40.9 Å². The van der Waals surface area contributed by atoms with Gasteiger partial charge in [0.15, 0.2) is 0 Å². The molecule has 0 unspecified atom stereocenters. The average Bonchev–Trinajstić information content (AvgIpc) is 3.20.